The number of carbonyl (C=O) groups is 3. The molecule has 0 spiro atoms. The maximum absolute atomic E-state index is 13.0. The van der Waals surface area contributed by atoms with E-state index in [-0.39, 0.29) is 18.6 Å². The Balaban J connectivity index is 1.67. The zero-order valence-electron chi connectivity index (χ0n) is 16.3. The minimum Gasteiger partial charge on any atom is -0.463 e. The lowest BCUT2D eigenvalue weighted by Crippen LogP contribution is -2.46. The molecule has 1 saturated heterocycles. The summed E-state index contributed by atoms with van der Waals surface area (Å²) in [5.74, 6) is -1.29. The molecule has 1 fully saturated rings. The Morgan fingerprint density at radius 2 is 1.87 bits per heavy atom. The first-order valence-corrected chi connectivity index (χ1v) is 10.5. The first kappa shape index (κ1) is 20.3. The van der Waals surface area contributed by atoms with Gasteiger partial charge in [0.05, 0.1) is 17.2 Å². The number of nitrogens with zero attached hydrogens (tertiary/aromatic N) is 3. The van der Waals surface area contributed by atoms with Crippen LogP contribution in [0.4, 0.5) is 0 Å². The van der Waals surface area contributed by atoms with Crippen LogP contribution in [0, 0.1) is 0 Å². The summed E-state index contributed by atoms with van der Waals surface area (Å²) >= 11 is 1.28. The van der Waals surface area contributed by atoms with E-state index >= 15 is 0 Å². The van der Waals surface area contributed by atoms with E-state index in [1.807, 2.05) is 0 Å². The molecular formula is C20H19N3O6S. The molecule has 1 aromatic heterocycles. The number of carbonyl (C=O) groups excluding carboxylic acids is 3. The number of amides is 2. The molecule has 2 aromatic rings. The van der Waals surface area contributed by atoms with Crippen LogP contribution in [-0.2, 0) is 14.3 Å². The molecule has 0 N–H and O–H groups in total. The van der Waals surface area contributed by atoms with E-state index in [0.29, 0.717) is 16.3 Å². The lowest BCUT2D eigenvalue weighted by Gasteiger charge is -2.25. The zero-order valence-corrected chi connectivity index (χ0v) is 17.1. The van der Waals surface area contributed by atoms with Gasteiger partial charge in [-0.1, -0.05) is 23.9 Å². The molecule has 1 aromatic carbocycles. The van der Waals surface area contributed by atoms with E-state index in [1.54, 1.807) is 41.3 Å². The maximum Gasteiger partial charge on any atom is 0.302 e. The van der Waals surface area contributed by atoms with Crippen LogP contribution in [0.25, 0.3) is 0 Å². The van der Waals surface area contributed by atoms with E-state index in [0.717, 1.165) is 0 Å². The second kappa shape index (κ2) is 8.04. The highest BCUT2D eigenvalue weighted by atomic mass is 32.2. The van der Waals surface area contributed by atoms with Gasteiger partial charge in [-0.3, -0.25) is 24.1 Å². The Hall–Kier alpha value is -2.98. The third-order valence-electron chi connectivity index (χ3n) is 5.11. The Bertz CT molecular complexity index is 1050. The van der Waals surface area contributed by atoms with E-state index < -0.39 is 36.2 Å². The SMILES string of the molecule is CSc1nc(=O)ccn1[C@H]1C[C@H](N2C(=O)c3ccccc3C2=O)[C@@H](COC(C)=O)O1. The second-order valence-electron chi connectivity index (χ2n) is 6.92. The standard InChI is InChI=1S/C20H19N3O6S/c1-11(24)28-10-15-14(23-18(26)12-5-3-4-6-13(12)19(23)27)9-17(29-15)22-8-7-16(25)21-20(22)30-2/h3-8,14-15,17H,9-10H2,1-2H3/t14-,15+,17+/m0/s1. The van der Waals surface area contributed by atoms with Crippen LogP contribution in [0.1, 0.15) is 40.3 Å². The summed E-state index contributed by atoms with van der Waals surface area (Å²) in [6, 6.07) is 7.31. The molecule has 2 aliphatic heterocycles. The van der Waals surface area contributed by atoms with Gasteiger partial charge >= 0.3 is 5.97 Å². The highest BCUT2D eigenvalue weighted by Gasteiger charge is 2.48. The van der Waals surface area contributed by atoms with E-state index in [4.69, 9.17) is 9.47 Å². The van der Waals surface area contributed by atoms with Gasteiger partial charge in [-0.15, -0.1) is 0 Å². The van der Waals surface area contributed by atoms with Crippen LogP contribution in [0.15, 0.2) is 46.5 Å². The van der Waals surface area contributed by atoms with Gasteiger partial charge in [0, 0.05) is 25.6 Å². The van der Waals surface area contributed by atoms with E-state index in [9.17, 15) is 19.2 Å². The van der Waals surface area contributed by atoms with Crippen LogP contribution in [0.5, 0.6) is 0 Å². The summed E-state index contributed by atoms with van der Waals surface area (Å²) in [7, 11) is 0. The first-order chi connectivity index (χ1) is 14.4. The molecule has 2 aliphatic rings. The van der Waals surface area contributed by atoms with Crippen molar-refractivity contribution < 1.29 is 23.9 Å². The number of aromatic nitrogens is 2. The molecular weight excluding hydrogens is 410 g/mol. The van der Waals surface area contributed by atoms with Crippen molar-refractivity contribution in [2.45, 2.75) is 36.9 Å². The molecule has 2 amide bonds. The van der Waals surface area contributed by atoms with Crippen molar-refractivity contribution in [3.63, 3.8) is 0 Å². The molecule has 3 heterocycles. The van der Waals surface area contributed by atoms with E-state index in [2.05, 4.69) is 4.98 Å². The Labute approximate surface area is 176 Å². The van der Waals surface area contributed by atoms with Crippen molar-refractivity contribution in [2.75, 3.05) is 12.9 Å². The minimum atomic E-state index is -0.713. The fourth-order valence-electron chi connectivity index (χ4n) is 3.78. The average molecular weight is 429 g/mol. The van der Waals surface area contributed by atoms with Gasteiger partial charge in [0.25, 0.3) is 17.4 Å². The monoisotopic (exact) mass is 429 g/mol. The Kier molecular flexibility index (Phi) is 5.44. The number of hydrogen-bond donors (Lipinski definition) is 0. The van der Waals surface area contributed by atoms with Gasteiger partial charge in [0.15, 0.2) is 5.16 Å². The Morgan fingerprint density at radius 1 is 1.20 bits per heavy atom. The molecule has 0 radical (unpaired) electrons. The topological polar surface area (TPSA) is 108 Å². The van der Waals surface area contributed by atoms with Crippen molar-refractivity contribution >= 4 is 29.5 Å². The first-order valence-electron chi connectivity index (χ1n) is 9.29. The van der Waals surface area contributed by atoms with Crippen LogP contribution in [0.3, 0.4) is 0 Å². The lowest BCUT2D eigenvalue weighted by atomic mass is 10.1. The summed E-state index contributed by atoms with van der Waals surface area (Å²) in [6.45, 7) is 1.17. The number of imide groups is 1. The van der Waals surface area contributed by atoms with Gasteiger partial charge < -0.3 is 14.0 Å². The summed E-state index contributed by atoms with van der Waals surface area (Å²) < 4.78 is 12.9. The normalized spacial score (nSPS) is 23.0. The van der Waals surface area contributed by atoms with Crippen molar-refractivity contribution in [1.82, 2.24) is 14.5 Å². The highest BCUT2D eigenvalue weighted by molar-refractivity contribution is 7.98. The summed E-state index contributed by atoms with van der Waals surface area (Å²) in [6.07, 6.45) is 2.32. The van der Waals surface area contributed by atoms with Crippen LogP contribution < -0.4 is 5.56 Å². The molecule has 10 heteroatoms. The minimum absolute atomic E-state index is 0.105. The zero-order chi connectivity index (χ0) is 21.4. The van der Waals surface area contributed by atoms with E-state index in [1.165, 1.54) is 29.7 Å². The number of ether oxygens (including phenoxy) is 2. The molecule has 0 unspecified atom stereocenters. The summed E-state index contributed by atoms with van der Waals surface area (Å²) in [5.41, 5.74) is 0.306. The summed E-state index contributed by atoms with van der Waals surface area (Å²) in [5, 5.41) is 0.446. The summed E-state index contributed by atoms with van der Waals surface area (Å²) in [4.78, 5) is 54.1. The molecule has 156 valence electrons. The molecule has 30 heavy (non-hydrogen) atoms. The molecule has 0 bridgehead atoms. The molecule has 9 nitrogen and oxygen atoms in total. The fourth-order valence-corrected chi connectivity index (χ4v) is 4.35. The number of fused-ring (bicyclic) bond motifs is 1. The number of benzene rings is 1. The maximum atomic E-state index is 13.0. The van der Waals surface area contributed by atoms with Crippen LogP contribution in [0.2, 0.25) is 0 Å². The van der Waals surface area contributed by atoms with Crippen molar-refractivity contribution in [3.05, 3.63) is 58.0 Å². The smallest absolute Gasteiger partial charge is 0.302 e. The lowest BCUT2D eigenvalue weighted by molar-refractivity contribution is -0.146. The number of thioether (sulfide) groups is 1. The second-order valence-corrected chi connectivity index (χ2v) is 7.69. The van der Waals surface area contributed by atoms with Crippen molar-refractivity contribution in [2.24, 2.45) is 0 Å². The number of esters is 1. The van der Waals surface area contributed by atoms with Crippen LogP contribution in [-0.4, -0.2) is 57.2 Å². The largest absolute Gasteiger partial charge is 0.463 e. The predicted octanol–water partition coefficient (Wildman–Crippen LogP) is 1.48. The third-order valence-corrected chi connectivity index (χ3v) is 5.78. The number of hydrogen-bond acceptors (Lipinski definition) is 8. The Morgan fingerprint density at radius 3 is 2.47 bits per heavy atom. The molecule has 0 aliphatic carbocycles. The molecule has 4 rings (SSSR count). The molecule has 3 atom stereocenters. The third kappa shape index (κ3) is 3.52. The van der Waals surface area contributed by atoms with Gasteiger partial charge in [-0.05, 0) is 18.4 Å². The van der Waals surface area contributed by atoms with Gasteiger partial charge in [-0.2, -0.15) is 4.98 Å². The average Bonchev–Trinajstić information content (AvgIpc) is 3.25. The quantitative estimate of drug-likeness (QED) is 0.304. The van der Waals surface area contributed by atoms with Gasteiger partial charge in [0.1, 0.15) is 18.9 Å². The number of rotatable bonds is 5. The molecule has 0 saturated carbocycles. The van der Waals surface area contributed by atoms with Crippen molar-refractivity contribution in [3.8, 4) is 0 Å². The van der Waals surface area contributed by atoms with Crippen molar-refractivity contribution in [1.29, 1.82) is 0 Å². The van der Waals surface area contributed by atoms with Gasteiger partial charge in [0.2, 0.25) is 0 Å². The highest BCUT2D eigenvalue weighted by Crippen LogP contribution is 2.37. The van der Waals surface area contributed by atoms with Crippen LogP contribution >= 0.6 is 11.8 Å². The fraction of sp³-hybridized carbons (Fsp3) is 0.350. The predicted molar refractivity (Wildman–Crippen MR) is 106 cm³/mol. The van der Waals surface area contributed by atoms with Gasteiger partial charge in [-0.25, -0.2) is 0 Å².